The normalized spacial score (nSPS) is 16.0. The van der Waals surface area contributed by atoms with Gasteiger partial charge in [0.1, 0.15) is 18.2 Å². The third-order valence-electron chi connectivity index (χ3n) is 4.19. The van der Waals surface area contributed by atoms with E-state index in [1.807, 2.05) is 60.7 Å². The Bertz CT molecular complexity index is 929. The summed E-state index contributed by atoms with van der Waals surface area (Å²) in [5.41, 5.74) is 3.08. The monoisotopic (exact) mass is 363 g/mol. The predicted molar refractivity (Wildman–Crippen MR) is 99.8 cm³/mol. The standard InChI is InChI=1S/C22H18FNO3/c23-20-11-18-14-25-22(17-9-5-2-6-10-17)27-21(18)19(12-20)15-26-24-13-16-7-3-1-4-8-16/h1-13,22H,14-15H2/b24-13-/t22-/m0/s1. The number of rotatable bonds is 5. The number of hydrogen-bond acceptors (Lipinski definition) is 4. The smallest absolute Gasteiger partial charge is 0.227 e. The molecule has 0 bridgehead atoms. The average molecular weight is 363 g/mol. The minimum absolute atomic E-state index is 0.102. The van der Waals surface area contributed by atoms with Crippen molar-refractivity contribution in [1.82, 2.24) is 0 Å². The van der Waals surface area contributed by atoms with E-state index in [0.29, 0.717) is 16.9 Å². The van der Waals surface area contributed by atoms with Crippen molar-refractivity contribution in [3.8, 4) is 5.75 Å². The molecule has 3 aromatic rings. The van der Waals surface area contributed by atoms with Gasteiger partial charge in [-0.15, -0.1) is 0 Å². The lowest BCUT2D eigenvalue weighted by molar-refractivity contribution is -0.112. The minimum atomic E-state index is -0.532. The summed E-state index contributed by atoms with van der Waals surface area (Å²) in [5.74, 6) is 0.233. The Kier molecular flexibility index (Phi) is 5.12. The van der Waals surface area contributed by atoms with Crippen molar-refractivity contribution < 1.29 is 18.7 Å². The van der Waals surface area contributed by atoms with Gasteiger partial charge in [0.15, 0.2) is 0 Å². The molecule has 1 atom stereocenters. The van der Waals surface area contributed by atoms with Gasteiger partial charge in [0.25, 0.3) is 0 Å². The van der Waals surface area contributed by atoms with Crippen LogP contribution in [0.15, 0.2) is 78.0 Å². The third kappa shape index (κ3) is 4.15. The van der Waals surface area contributed by atoms with Crippen molar-refractivity contribution in [1.29, 1.82) is 0 Å². The van der Waals surface area contributed by atoms with Crippen LogP contribution in [-0.2, 0) is 22.8 Å². The van der Waals surface area contributed by atoms with Crippen LogP contribution in [0.5, 0.6) is 5.75 Å². The van der Waals surface area contributed by atoms with Gasteiger partial charge >= 0.3 is 0 Å². The highest BCUT2D eigenvalue weighted by molar-refractivity contribution is 5.78. The summed E-state index contributed by atoms with van der Waals surface area (Å²) in [7, 11) is 0. The molecule has 27 heavy (non-hydrogen) atoms. The topological polar surface area (TPSA) is 40.0 Å². The summed E-state index contributed by atoms with van der Waals surface area (Å²) < 4.78 is 25.7. The van der Waals surface area contributed by atoms with Crippen LogP contribution in [-0.4, -0.2) is 6.21 Å². The summed E-state index contributed by atoms with van der Waals surface area (Å²) in [5, 5.41) is 3.96. The second-order valence-corrected chi connectivity index (χ2v) is 6.14. The maximum atomic E-state index is 13.9. The summed E-state index contributed by atoms with van der Waals surface area (Å²) in [6.45, 7) is 0.373. The van der Waals surface area contributed by atoms with E-state index in [4.69, 9.17) is 14.3 Å². The third-order valence-corrected chi connectivity index (χ3v) is 4.19. The first-order chi connectivity index (χ1) is 13.3. The van der Waals surface area contributed by atoms with E-state index in [9.17, 15) is 4.39 Å². The molecule has 4 nitrogen and oxygen atoms in total. The molecule has 0 N–H and O–H groups in total. The molecule has 136 valence electrons. The zero-order chi connectivity index (χ0) is 18.5. The van der Waals surface area contributed by atoms with Crippen molar-refractivity contribution >= 4 is 6.21 Å². The van der Waals surface area contributed by atoms with E-state index >= 15 is 0 Å². The van der Waals surface area contributed by atoms with Crippen LogP contribution in [0.1, 0.15) is 28.5 Å². The molecule has 4 rings (SSSR count). The van der Waals surface area contributed by atoms with Crippen molar-refractivity contribution in [2.24, 2.45) is 5.16 Å². The fourth-order valence-electron chi connectivity index (χ4n) is 2.90. The second kappa shape index (κ2) is 8.01. The Morgan fingerprint density at radius 3 is 2.56 bits per heavy atom. The average Bonchev–Trinajstić information content (AvgIpc) is 2.72. The number of fused-ring (bicyclic) bond motifs is 1. The molecule has 3 aromatic carbocycles. The predicted octanol–water partition coefficient (Wildman–Crippen LogP) is 4.98. The Hall–Kier alpha value is -3.18. The molecule has 0 spiro atoms. The Labute approximate surface area is 156 Å². The van der Waals surface area contributed by atoms with Crippen LogP contribution in [0.2, 0.25) is 0 Å². The van der Waals surface area contributed by atoms with Crippen molar-refractivity contribution in [3.63, 3.8) is 0 Å². The number of oxime groups is 1. The number of nitrogens with zero attached hydrogens (tertiary/aromatic N) is 1. The molecule has 0 aliphatic carbocycles. The van der Waals surface area contributed by atoms with Gasteiger partial charge in [-0.05, 0) is 17.7 Å². The van der Waals surface area contributed by atoms with Crippen molar-refractivity contribution in [3.05, 3.63) is 101 Å². The van der Waals surface area contributed by atoms with Crippen LogP contribution >= 0.6 is 0 Å². The van der Waals surface area contributed by atoms with Gasteiger partial charge in [0, 0.05) is 16.7 Å². The molecule has 0 fully saturated rings. The molecular formula is C22H18FNO3. The van der Waals surface area contributed by atoms with E-state index < -0.39 is 6.29 Å². The molecule has 0 radical (unpaired) electrons. The summed E-state index contributed by atoms with van der Waals surface area (Å²) in [6, 6.07) is 22.1. The highest BCUT2D eigenvalue weighted by atomic mass is 19.1. The number of ether oxygens (including phenoxy) is 2. The van der Waals surface area contributed by atoms with Gasteiger partial charge in [-0.1, -0.05) is 65.8 Å². The molecule has 1 aliphatic heterocycles. The molecule has 0 unspecified atom stereocenters. The number of hydrogen-bond donors (Lipinski definition) is 0. The maximum Gasteiger partial charge on any atom is 0.227 e. The first-order valence-corrected chi connectivity index (χ1v) is 8.64. The van der Waals surface area contributed by atoms with E-state index in [-0.39, 0.29) is 19.0 Å². The molecule has 1 aliphatic rings. The van der Waals surface area contributed by atoms with Crippen molar-refractivity contribution in [2.75, 3.05) is 0 Å². The fraction of sp³-hybridized carbons (Fsp3) is 0.136. The highest BCUT2D eigenvalue weighted by Gasteiger charge is 2.25. The lowest BCUT2D eigenvalue weighted by atomic mass is 10.1. The molecule has 0 saturated carbocycles. The molecule has 5 heteroatoms. The fourth-order valence-corrected chi connectivity index (χ4v) is 2.90. The van der Waals surface area contributed by atoms with E-state index in [2.05, 4.69) is 5.16 Å². The summed E-state index contributed by atoms with van der Waals surface area (Å²) in [6.07, 6.45) is 1.08. The molecule has 0 saturated heterocycles. The molecule has 0 amide bonds. The first-order valence-electron chi connectivity index (χ1n) is 8.64. The van der Waals surface area contributed by atoms with Crippen molar-refractivity contribution in [2.45, 2.75) is 19.5 Å². The minimum Gasteiger partial charge on any atom is -0.460 e. The van der Waals surface area contributed by atoms with Gasteiger partial charge in [-0.2, -0.15) is 0 Å². The zero-order valence-electron chi connectivity index (χ0n) is 14.5. The summed E-state index contributed by atoms with van der Waals surface area (Å²) in [4.78, 5) is 5.37. The summed E-state index contributed by atoms with van der Waals surface area (Å²) >= 11 is 0. The zero-order valence-corrected chi connectivity index (χ0v) is 14.5. The lowest BCUT2D eigenvalue weighted by Gasteiger charge is -2.28. The van der Waals surface area contributed by atoms with E-state index in [1.165, 1.54) is 12.1 Å². The molecule has 1 heterocycles. The quantitative estimate of drug-likeness (QED) is 0.474. The van der Waals surface area contributed by atoms with E-state index in [1.54, 1.807) is 6.21 Å². The maximum absolute atomic E-state index is 13.9. The van der Waals surface area contributed by atoms with Crippen LogP contribution < -0.4 is 4.74 Å². The van der Waals surface area contributed by atoms with Gasteiger partial charge in [0.2, 0.25) is 6.29 Å². The number of benzene rings is 3. The van der Waals surface area contributed by atoms with Gasteiger partial charge in [0.05, 0.1) is 12.8 Å². The van der Waals surface area contributed by atoms with Gasteiger partial charge < -0.3 is 14.3 Å². The first kappa shape index (κ1) is 17.2. The van der Waals surface area contributed by atoms with Crippen LogP contribution in [0, 0.1) is 5.82 Å². The Morgan fingerprint density at radius 1 is 1.04 bits per heavy atom. The number of halogens is 1. The SMILES string of the molecule is Fc1cc(CO/N=C\c2ccccc2)c2c(c1)CO[C@H](c1ccccc1)O2. The Balaban J connectivity index is 1.50. The Morgan fingerprint density at radius 2 is 1.78 bits per heavy atom. The van der Waals surface area contributed by atoms with Gasteiger partial charge in [-0.3, -0.25) is 0 Å². The van der Waals surface area contributed by atoms with Gasteiger partial charge in [-0.25, -0.2) is 4.39 Å². The molecule has 0 aromatic heterocycles. The van der Waals surface area contributed by atoms with E-state index in [0.717, 1.165) is 11.1 Å². The van der Waals surface area contributed by atoms with Crippen LogP contribution in [0.3, 0.4) is 0 Å². The second-order valence-electron chi connectivity index (χ2n) is 6.14. The molecular weight excluding hydrogens is 345 g/mol. The highest BCUT2D eigenvalue weighted by Crippen LogP contribution is 2.36. The largest absolute Gasteiger partial charge is 0.460 e. The van der Waals surface area contributed by atoms with Crippen LogP contribution in [0.4, 0.5) is 4.39 Å². The van der Waals surface area contributed by atoms with Crippen LogP contribution in [0.25, 0.3) is 0 Å². The lowest BCUT2D eigenvalue weighted by Crippen LogP contribution is -2.19.